The van der Waals surface area contributed by atoms with E-state index in [1.807, 2.05) is 78.9 Å². The maximum atomic E-state index is 13.9. The summed E-state index contributed by atoms with van der Waals surface area (Å²) in [6.45, 7) is 1.80. The number of fused-ring (bicyclic) bond motifs is 1. The van der Waals surface area contributed by atoms with E-state index in [0.29, 0.717) is 32.0 Å². The minimum atomic E-state index is -0.678. The Labute approximate surface area is 236 Å². The van der Waals surface area contributed by atoms with Crippen LogP contribution in [0, 0.1) is 3.57 Å². The number of carbonyl (C=O) groups is 1. The zero-order chi connectivity index (χ0) is 26.8. The van der Waals surface area contributed by atoms with Gasteiger partial charge in [-0.25, -0.2) is 4.99 Å². The molecule has 2 heterocycles. The number of methoxy groups -OCH3 is 2. The molecule has 0 spiro atoms. The molecule has 5 rings (SSSR count). The molecular formula is C29H24IN3O4S. The summed E-state index contributed by atoms with van der Waals surface area (Å²) in [6, 6.07) is 21.7. The van der Waals surface area contributed by atoms with Crippen LogP contribution in [0.15, 0.2) is 93.9 Å². The first-order valence-corrected chi connectivity index (χ1v) is 13.7. The first-order valence-electron chi connectivity index (χ1n) is 11.8. The van der Waals surface area contributed by atoms with E-state index in [1.165, 1.54) is 11.3 Å². The van der Waals surface area contributed by atoms with Crippen molar-refractivity contribution in [2.75, 3.05) is 19.5 Å². The third kappa shape index (κ3) is 5.03. The summed E-state index contributed by atoms with van der Waals surface area (Å²) >= 11 is 3.51. The maximum absolute atomic E-state index is 13.9. The predicted molar refractivity (Wildman–Crippen MR) is 158 cm³/mol. The zero-order valence-corrected chi connectivity index (χ0v) is 23.9. The van der Waals surface area contributed by atoms with Gasteiger partial charge in [0, 0.05) is 5.69 Å². The van der Waals surface area contributed by atoms with E-state index in [-0.39, 0.29) is 11.5 Å². The summed E-state index contributed by atoms with van der Waals surface area (Å²) in [5.74, 6) is 1.09. The summed E-state index contributed by atoms with van der Waals surface area (Å²) in [4.78, 5) is 32.7. The van der Waals surface area contributed by atoms with Crippen LogP contribution >= 0.6 is 33.9 Å². The molecule has 0 fully saturated rings. The summed E-state index contributed by atoms with van der Waals surface area (Å²) < 4.78 is 13.9. The van der Waals surface area contributed by atoms with Crippen molar-refractivity contribution in [3.8, 4) is 11.5 Å². The molecule has 1 N–H and O–H groups in total. The second-order valence-corrected chi connectivity index (χ2v) is 10.7. The number of nitrogens with one attached hydrogen (secondary N) is 1. The van der Waals surface area contributed by atoms with Crippen molar-refractivity contribution >= 4 is 51.6 Å². The Kier molecular flexibility index (Phi) is 7.48. The number of thiazole rings is 1. The molecule has 1 amide bonds. The summed E-state index contributed by atoms with van der Waals surface area (Å²) in [5.41, 5.74) is 3.02. The van der Waals surface area contributed by atoms with Crippen LogP contribution < -0.4 is 29.7 Å². The number of amides is 1. The van der Waals surface area contributed by atoms with Crippen LogP contribution in [0.2, 0.25) is 0 Å². The largest absolute Gasteiger partial charge is 0.497 e. The lowest BCUT2D eigenvalue weighted by Gasteiger charge is -2.25. The van der Waals surface area contributed by atoms with Gasteiger partial charge in [-0.2, -0.15) is 0 Å². The normalized spacial score (nSPS) is 15.1. The number of anilines is 1. The van der Waals surface area contributed by atoms with Crippen LogP contribution in [0.5, 0.6) is 11.5 Å². The average molecular weight is 637 g/mol. The lowest BCUT2D eigenvalue weighted by molar-refractivity contribution is -0.113. The molecule has 1 aliphatic rings. The van der Waals surface area contributed by atoms with Gasteiger partial charge in [-0.15, -0.1) is 0 Å². The third-order valence-corrected chi connectivity index (χ3v) is 8.01. The Bertz CT molecular complexity index is 1740. The molecule has 1 atom stereocenters. The van der Waals surface area contributed by atoms with Gasteiger partial charge in [0.25, 0.3) is 11.5 Å². The van der Waals surface area contributed by atoms with E-state index in [9.17, 15) is 9.59 Å². The quantitative estimate of drug-likeness (QED) is 0.316. The molecular weight excluding hydrogens is 613 g/mol. The van der Waals surface area contributed by atoms with Crippen molar-refractivity contribution in [1.29, 1.82) is 0 Å². The van der Waals surface area contributed by atoms with Crippen LogP contribution in [-0.2, 0) is 4.79 Å². The van der Waals surface area contributed by atoms with Gasteiger partial charge in [-0.3, -0.25) is 14.2 Å². The maximum Gasteiger partial charge on any atom is 0.271 e. The number of benzene rings is 3. The molecule has 0 bridgehead atoms. The fourth-order valence-electron chi connectivity index (χ4n) is 4.38. The van der Waals surface area contributed by atoms with Gasteiger partial charge < -0.3 is 14.8 Å². The fourth-order valence-corrected chi connectivity index (χ4v) is 6.19. The van der Waals surface area contributed by atoms with Crippen LogP contribution in [0.25, 0.3) is 6.08 Å². The molecule has 7 nitrogen and oxygen atoms in total. The summed E-state index contributed by atoms with van der Waals surface area (Å²) in [5, 5.41) is 2.96. The molecule has 0 saturated carbocycles. The van der Waals surface area contributed by atoms with Crippen molar-refractivity contribution in [3.05, 3.63) is 118 Å². The number of hydrogen-bond donors (Lipinski definition) is 1. The molecule has 38 heavy (non-hydrogen) atoms. The van der Waals surface area contributed by atoms with Crippen LogP contribution in [0.4, 0.5) is 5.69 Å². The zero-order valence-electron chi connectivity index (χ0n) is 20.9. The van der Waals surface area contributed by atoms with Crippen molar-refractivity contribution in [1.82, 2.24) is 4.57 Å². The Morgan fingerprint density at radius 2 is 1.84 bits per heavy atom. The van der Waals surface area contributed by atoms with Crippen molar-refractivity contribution < 1.29 is 14.3 Å². The van der Waals surface area contributed by atoms with Gasteiger partial charge in [-0.05, 0) is 83.1 Å². The van der Waals surface area contributed by atoms with E-state index in [2.05, 4.69) is 27.9 Å². The highest BCUT2D eigenvalue weighted by Gasteiger charge is 2.32. The second kappa shape index (κ2) is 11.0. The number of carbonyl (C=O) groups excluding carboxylic acids is 1. The van der Waals surface area contributed by atoms with Gasteiger partial charge in [0.05, 0.1) is 39.6 Å². The minimum absolute atomic E-state index is 0.218. The Balaban J connectivity index is 1.67. The number of nitrogens with zero attached hydrogens (tertiary/aromatic N) is 2. The van der Waals surface area contributed by atoms with Crippen LogP contribution in [-0.4, -0.2) is 24.7 Å². The molecule has 0 saturated heterocycles. The molecule has 1 aromatic heterocycles. The first kappa shape index (κ1) is 25.9. The highest BCUT2D eigenvalue weighted by atomic mass is 127. The Hall–Kier alpha value is -3.70. The summed E-state index contributed by atoms with van der Waals surface area (Å²) in [7, 11) is 3.21. The molecule has 1 unspecified atom stereocenters. The van der Waals surface area contributed by atoms with E-state index in [4.69, 9.17) is 14.5 Å². The van der Waals surface area contributed by atoms with Crippen molar-refractivity contribution in [2.24, 2.45) is 4.99 Å². The molecule has 1 aliphatic heterocycles. The number of halogens is 1. The second-order valence-electron chi connectivity index (χ2n) is 8.57. The molecule has 0 radical (unpaired) electrons. The minimum Gasteiger partial charge on any atom is -0.497 e. The molecule has 9 heteroatoms. The Morgan fingerprint density at radius 1 is 1.05 bits per heavy atom. The van der Waals surface area contributed by atoms with Gasteiger partial charge in [0.15, 0.2) is 4.80 Å². The topological polar surface area (TPSA) is 81.9 Å². The van der Waals surface area contributed by atoms with Crippen LogP contribution in [0.1, 0.15) is 24.1 Å². The standard InChI is InChI=1S/C29H24IN3O4S/c1-17-25(27(34)32-20-9-5-4-6-10-20)26(19-8-7-11-21(16-19)36-2)33-28(35)24(38-29(33)31-17)15-18-12-13-23(37-3)22(30)14-18/h4-16,26H,1-3H3,(H,32,34)/b24-15-. The SMILES string of the molecule is COc1cccc(C2C(C(=O)Nc3ccccc3)=C(C)N=c3s/c(=C\c4ccc(OC)c(I)c4)c(=O)n32)c1. The fraction of sp³-hybridized carbons (Fsp3) is 0.138. The molecule has 192 valence electrons. The van der Waals surface area contributed by atoms with Gasteiger partial charge >= 0.3 is 0 Å². The van der Waals surface area contributed by atoms with E-state index < -0.39 is 6.04 Å². The predicted octanol–water partition coefficient (Wildman–Crippen LogP) is 4.50. The van der Waals surface area contributed by atoms with E-state index in [0.717, 1.165) is 20.4 Å². The number of aromatic nitrogens is 1. The lowest BCUT2D eigenvalue weighted by atomic mass is 9.95. The highest BCUT2D eigenvalue weighted by Crippen LogP contribution is 2.32. The van der Waals surface area contributed by atoms with Crippen molar-refractivity contribution in [2.45, 2.75) is 13.0 Å². The number of para-hydroxylation sites is 1. The smallest absolute Gasteiger partial charge is 0.271 e. The van der Waals surface area contributed by atoms with E-state index in [1.54, 1.807) is 25.7 Å². The number of hydrogen-bond acceptors (Lipinski definition) is 6. The highest BCUT2D eigenvalue weighted by molar-refractivity contribution is 14.1. The monoisotopic (exact) mass is 637 g/mol. The first-order chi connectivity index (χ1) is 18.4. The van der Waals surface area contributed by atoms with Gasteiger partial charge in [-0.1, -0.05) is 47.7 Å². The molecule has 0 aliphatic carbocycles. The van der Waals surface area contributed by atoms with Crippen molar-refractivity contribution in [3.63, 3.8) is 0 Å². The Morgan fingerprint density at radius 3 is 2.55 bits per heavy atom. The van der Waals surface area contributed by atoms with Gasteiger partial charge in [0.1, 0.15) is 11.5 Å². The number of rotatable bonds is 6. The summed E-state index contributed by atoms with van der Waals surface area (Å²) in [6.07, 6.45) is 1.84. The van der Waals surface area contributed by atoms with Crippen LogP contribution in [0.3, 0.4) is 0 Å². The lowest BCUT2D eigenvalue weighted by Crippen LogP contribution is -2.40. The average Bonchev–Trinajstić information content (AvgIpc) is 3.22. The van der Waals surface area contributed by atoms with E-state index >= 15 is 0 Å². The third-order valence-electron chi connectivity index (χ3n) is 6.18. The number of allylic oxidation sites excluding steroid dienone is 1. The molecule has 3 aromatic carbocycles. The van der Waals surface area contributed by atoms with Gasteiger partial charge in [0.2, 0.25) is 0 Å². The molecule has 4 aromatic rings. The number of ether oxygens (including phenoxy) is 2.